The van der Waals surface area contributed by atoms with Crippen molar-refractivity contribution >= 4 is 20.8 Å². The fourth-order valence-corrected chi connectivity index (χ4v) is 2.27. The lowest BCUT2D eigenvalue weighted by atomic mass is 10.0. The normalized spacial score (nSPS) is 12.5. The van der Waals surface area contributed by atoms with Gasteiger partial charge in [0, 0.05) is 12.3 Å². The Morgan fingerprint density at radius 3 is 2.47 bits per heavy atom. The summed E-state index contributed by atoms with van der Waals surface area (Å²) in [5.74, 6) is -0.368. The number of furan rings is 1. The van der Waals surface area contributed by atoms with E-state index in [1.165, 1.54) is 6.07 Å². The van der Waals surface area contributed by atoms with Gasteiger partial charge in [-0.2, -0.15) is 0 Å². The van der Waals surface area contributed by atoms with E-state index < -0.39 is 15.7 Å². The first kappa shape index (κ1) is 12.1. The minimum atomic E-state index is -3.45. The Morgan fingerprint density at radius 2 is 1.94 bits per heavy atom. The first-order valence-electron chi connectivity index (χ1n) is 5.22. The smallest absolute Gasteiger partial charge is 0.219 e. The van der Waals surface area contributed by atoms with Crippen molar-refractivity contribution in [2.24, 2.45) is 0 Å². The number of sulfone groups is 1. The molecule has 17 heavy (non-hydrogen) atoms. The Labute approximate surface area is 99.2 Å². The predicted molar refractivity (Wildman–Crippen MR) is 63.4 cm³/mol. The Hall–Kier alpha value is -1.36. The molecule has 1 heterocycles. The van der Waals surface area contributed by atoms with E-state index >= 15 is 0 Å². The van der Waals surface area contributed by atoms with Crippen molar-refractivity contribution in [3.63, 3.8) is 0 Å². The highest BCUT2D eigenvalue weighted by atomic mass is 32.2. The average Bonchev–Trinajstić information content (AvgIpc) is 2.61. The molecule has 0 N–H and O–H groups in total. The molecule has 0 aliphatic carbocycles. The molecule has 0 saturated heterocycles. The van der Waals surface area contributed by atoms with Crippen LogP contribution in [0.3, 0.4) is 0 Å². The van der Waals surface area contributed by atoms with Crippen molar-refractivity contribution in [2.45, 2.75) is 24.9 Å². The predicted octanol–water partition coefficient (Wildman–Crippen LogP) is 3.10. The van der Waals surface area contributed by atoms with Gasteiger partial charge in [-0.05, 0) is 17.5 Å². The quantitative estimate of drug-likeness (QED) is 0.829. The lowest BCUT2D eigenvalue weighted by molar-refractivity contribution is 0.484. The van der Waals surface area contributed by atoms with Crippen LogP contribution in [0.15, 0.2) is 27.7 Å². The van der Waals surface area contributed by atoms with E-state index in [0.29, 0.717) is 5.56 Å². The van der Waals surface area contributed by atoms with Gasteiger partial charge in [0.2, 0.25) is 14.9 Å². The summed E-state index contributed by atoms with van der Waals surface area (Å²) >= 11 is 0. The maximum absolute atomic E-state index is 14.1. The minimum absolute atomic E-state index is 0.0379. The van der Waals surface area contributed by atoms with E-state index in [1.54, 1.807) is 12.1 Å². The van der Waals surface area contributed by atoms with Crippen molar-refractivity contribution in [2.75, 3.05) is 6.26 Å². The van der Waals surface area contributed by atoms with E-state index in [0.717, 1.165) is 6.26 Å². The van der Waals surface area contributed by atoms with E-state index in [2.05, 4.69) is 0 Å². The summed E-state index contributed by atoms with van der Waals surface area (Å²) in [6, 6.07) is 4.46. The molecular weight excluding hydrogens is 243 g/mol. The molecule has 5 heteroatoms. The van der Waals surface area contributed by atoms with Gasteiger partial charge < -0.3 is 4.42 Å². The molecule has 1 aromatic heterocycles. The molecule has 2 rings (SSSR count). The molecule has 0 spiro atoms. The van der Waals surface area contributed by atoms with Crippen LogP contribution in [0.2, 0.25) is 0 Å². The largest absolute Gasteiger partial charge is 0.445 e. The van der Waals surface area contributed by atoms with Crippen LogP contribution in [-0.2, 0) is 9.84 Å². The third kappa shape index (κ3) is 2.07. The molecule has 3 nitrogen and oxygen atoms in total. The van der Waals surface area contributed by atoms with E-state index in [1.807, 2.05) is 13.8 Å². The lowest BCUT2D eigenvalue weighted by Gasteiger charge is -2.06. The van der Waals surface area contributed by atoms with Crippen molar-refractivity contribution < 1.29 is 17.2 Å². The van der Waals surface area contributed by atoms with Gasteiger partial charge >= 0.3 is 0 Å². The second kappa shape index (κ2) is 3.84. The van der Waals surface area contributed by atoms with Crippen LogP contribution < -0.4 is 0 Å². The molecule has 0 fully saturated rings. The highest BCUT2D eigenvalue weighted by Crippen LogP contribution is 2.29. The third-order valence-electron chi connectivity index (χ3n) is 2.63. The maximum Gasteiger partial charge on any atom is 0.219 e. The van der Waals surface area contributed by atoms with Crippen LogP contribution in [0.4, 0.5) is 4.39 Å². The van der Waals surface area contributed by atoms with E-state index in [-0.39, 0.29) is 22.0 Å². The van der Waals surface area contributed by atoms with Crippen molar-refractivity contribution in [3.8, 4) is 0 Å². The van der Waals surface area contributed by atoms with Crippen LogP contribution in [-0.4, -0.2) is 14.7 Å². The molecule has 0 saturated carbocycles. The van der Waals surface area contributed by atoms with Gasteiger partial charge in [-0.15, -0.1) is 0 Å². The highest BCUT2D eigenvalue weighted by Gasteiger charge is 2.18. The second-order valence-corrected chi connectivity index (χ2v) is 6.32. The standard InChI is InChI=1S/C12H13FO3S/c1-7(2)8-4-5-10-9(12(8)13)6-11(16-10)17(3,14)15/h4-7H,1-3H3. The number of halogens is 1. The summed E-state index contributed by atoms with van der Waals surface area (Å²) in [4.78, 5) is 0. The Morgan fingerprint density at radius 1 is 1.29 bits per heavy atom. The minimum Gasteiger partial charge on any atom is -0.445 e. The Kier molecular flexibility index (Phi) is 2.73. The molecule has 0 atom stereocenters. The zero-order valence-corrected chi connectivity index (χ0v) is 10.6. The third-order valence-corrected chi connectivity index (χ3v) is 3.56. The molecular formula is C12H13FO3S. The Balaban J connectivity index is 2.75. The molecule has 1 aromatic carbocycles. The highest BCUT2D eigenvalue weighted by molar-refractivity contribution is 7.90. The monoisotopic (exact) mass is 256 g/mol. The summed E-state index contributed by atoms with van der Waals surface area (Å²) < 4.78 is 41.8. The molecule has 2 aromatic rings. The van der Waals surface area contributed by atoms with Crippen LogP contribution in [0, 0.1) is 5.82 Å². The van der Waals surface area contributed by atoms with Crippen LogP contribution in [0.5, 0.6) is 0 Å². The molecule has 0 amide bonds. The van der Waals surface area contributed by atoms with Crippen LogP contribution >= 0.6 is 0 Å². The maximum atomic E-state index is 14.1. The zero-order chi connectivity index (χ0) is 12.8. The Bertz CT molecular complexity index is 668. The summed E-state index contributed by atoms with van der Waals surface area (Å²) in [6.07, 6.45) is 1.03. The second-order valence-electron chi connectivity index (χ2n) is 4.37. The van der Waals surface area contributed by atoms with Crippen molar-refractivity contribution in [1.82, 2.24) is 0 Å². The molecule has 0 bridgehead atoms. The molecule has 92 valence electrons. The van der Waals surface area contributed by atoms with Crippen molar-refractivity contribution in [1.29, 1.82) is 0 Å². The number of benzene rings is 1. The van der Waals surface area contributed by atoms with Gasteiger partial charge in [-0.1, -0.05) is 19.9 Å². The summed E-state index contributed by atoms with van der Waals surface area (Å²) in [7, 11) is -3.45. The number of fused-ring (bicyclic) bond motifs is 1. The number of hydrogen-bond donors (Lipinski definition) is 0. The van der Waals surface area contributed by atoms with Crippen LogP contribution in [0.25, 0.3) is 11.0 Å². The SMILES string of the molecule is CC(C)c1ccc2oc(S(C)(=O)=O)cc2c1F. The average molecular weight is 256 g/mol. The summed E-state index contributed by atoms with van der Waals surface area (Å²) in [5, 5.41) is 0.0175. The zero-order valence-electron chi connectivity index (χ0n) is 9.82. The summed E-state index contributed by atoms with van der Waals surface area (Å²) in [6.45, 7) is 3.75. The van der Waals surface area contributed by atoms with Gasteiger partial charge in [0.05, 0.1) is 5.39 Å². The van der Waals surface area contributed by atoms with Gasteiger partial charge in [0.1, 0.15) is 11.4 Å². The molecule has 0 aliphatic rings. The van der Waals surface area contributed by atoms with Gasteiger partial charge in [-0.3, -0.25) is 0 Å². The van der Waals surface area contributed by atoms with Gasteiger partial charge in [0.25, 0.3) is 0 Å². The molecule has 0 unspecified atom stereocenters. The van der Waals surface area contributed by atoms with Crippen molar-refractivity contribution in [3.05, 3.63) is 29.6 Å². The topological polar surface area (TPSA) is 47.3 Å². The fraction of sp³-hybridized carbons (Fsp3) is 0.333. The molecule has 0 aliphatic heterocycles. The van der Waals surface area contributed by atoms with E-state index in [4.69, 9.17) is 4.42 Å². The first-order chi connectivity index (χ1) is 7.80. The van der Waals surface area contributed by atoms with Crippen LogP contribution in [0.1, 0.15) is 25.3 Å². The van der Waals surface area contributed by atoms with E-state index in [9.17, 15) is 12.8 Å². The lowest BCUT2D eigenvalue weighted by Crippen LogP contribution is -1.93. The number of rotatable bonds is 2. The first-order valence-corrected chi connectivity index (χ1v) is 7.12. The summed E-state index contributed by atoms with van der Waals surface area (Å²) in [5.41, 5.74) is 0.811. The number of hydrogen-bond acceptors (Lipinski definition) is 3. The van der Waals surface area contributed by atoms with Gasteiger partial charge in [0.15, 0.2) is 0 Å². The van der Waals surface area contributed by atoms with Gasteiger partial charge in [-0.25, -0.2) is 12.8 Å². The fourth-order valence-electron chi connectivity index (χ4n) is 1.70. The molecule has 0 radical (unpaired) electrons.